The number of carbonyl (C=O) groups excluding carboxylic acids is 2. The molecule has 3 rings (SSSR count). The summed E-state index contributed by atoms with van der Waals surface area (Å²) in [5.74, 6) is 0.311. The van der Waals surface area contributed by atoms with Gasteiger partial charge in [0.05, 0.1) is 18.7 Å². The molecule has 3 amide bonds. The summed E-state index contributed by atoms with van der Waals surface area (Å²) >= 11 is 0. The Bertz CT molecular complexity index is 1030. The standard InChI is InChI=1S/C21H24N4O3/c1-13-9-10-19(28-4)16(11-13)14(2)22-21(27)24-23-20(26)17-12-25(3)18-8-6-5-7-15(17)18/h5-12,14H,1-4H3,(H,23,26)(H2,22,24,27). The number of para-hydroxylation sites is 1. The van der Waals surface area contributed by atoms with E-state index in [1.807, 2.05) is 67.9 Å². The Kier molecular flexibility index (Phi) is 5.54. The van der Waals surface area contributed by atoms with Crippen LogP contribution in [-0.2, 0) is 7.05 Å². The molecule has 7 nitrogen and oxygen atoms in total. The molecule has 3 N–H and O–H groups in total. The highest BCUT2D eigenvalue weighted by Crippen LogP contribution is 2.26. The van der Waals surface area contributed by atoms with E-state index < -0.39 is 6.03 Å². The summed E-state index contributed by atoms with van der Waals surface area (Å²) in [6, 6.07) is 12.5. The van der Waals surface area contributed by atoms with Crippen LogP contribution in [0.5, 0.6) is 5.75 Å². The highest BCUT2D eigenvalue weighted by molar-refractivity contribution is 6.07. The smallest absolute Gasteiger partial charge is 0.333 e. The molecule has 0 spiro atoms. The third-order valence-corrected chi connectivity index (χ3v) is 4.63. The summed E-state index contributed by atoms with van der Waals surface area (Å²) in [6.45, 7) is 3.82. The number of hydrazine groups is 1. The minimum atomic E-state index is -0.510. The normalized spacial score (nSPS) is 11.7. The Labute approximate surface area is 163 Å². The van der Waals surface area contributed by atoms with E-state index in [9.17, 15) is 9.59 Å². The number of nitrogens with one attached hydrogen (secondary N) is 3. The molecule has 1 aromatic heterocycles. The fraction of sp³-hybridized carbons (Fsp3) is 0.238. The van der Waals surface area contributed by atoms with Gasteiger partial charge < -0.3 is 14.6 Å². The minimum Gasteiger partial charge on any atom is -0.496 e. The summed E-state index contributed by atoms with van der Waals surface area (Å²) in [6.07, 6.45) is 1.74. The van der Waals surface area contributed by atoms with Crippen molar-refractivity contribution in [3.63, 3.8) is 0 Å². The maximum Gasteiger partial charge on any atom is 0.333 e. The third-order valence-electron chi connectivity index (χ3n) is 4.63. The number of ether oxygens (including phenoxy) is 1. The number of carbonyl (C=O) groups is 2. The predicted molar refractivity (Wildman–Crippen MR) is 108 cm³/mol. The molecule has 0 aliphatic rings. The number of urea groups is 1. The molecule has 7 heteroatoms. The van der Waals surface area contributed by atoms with Gasteiger partial charge in [0.15, 0.2) is 0 Å². The Hall–Kier alpha value is -3.48. The van der Waals surface area contributed by atoms with E-state index in [4.69, 9.17) is 4.74 Å². The van der Waals surface area contributed by atoms with E-state index in [0.717, 1.165) is 22.0 Å². The van der Waals surface area contributed by atoms with E-state index in [1.54, 1.807) is 13.3 Å². The maximum atomic E-state index is 12.5. The molecular weight excluding hydrogens is 356 g/mol. The Morgan fingerprint density at radius 2 is 1.86 bits per heavy atom. The topological polar surface area (TPSA) is 84.4 Å². The van der Waals surface area contributed by atoms with Crippen LogP contribution < -0.4 is 20.9 Å². The van der Waals surface area contributed by atoms with Gasteiger partial charge in [-0.15, -0.1) is 0 Å². The van der Waals surface area contributed by atoms with Gasteiger partial charge in [0.2, 0.25) is 0 Å². The molecule has 3 aromatic rings. The lowest BCUT2D eigenvalue weighted by atomic mass is 10.0. The van der Waals surface area contributed by atoms with Crippen molar-refractivity contribution in [2.45, 2.75) is 19.9 Å². The summed E-state index contributed by atoms with van der Waals surface area (Å²) < 4.78 is 7.23. The van der Waals surface area contributed by atoms with Gasteiger partial charge in [-0.1, -0.05) is 35.9 Å². The number of hydrogen-bond acceptors (Lipinski definition) is 3. The summed E-state index contributed by atoms with van der Waals surface area (Å²) in [7, 11) is 3.46. The number of aryl methyl sites for hydroxylation is 2. The largest absolute Gasteiger partial charge is 0.496 e. The van der Waals surface area contributed by atoms with Crippen LogP contribution in [0.15, 0.2) is 48.7 Å². The fourth-order valence-electron chi connectivity index (χ4n) is 3.21. The molecule has 1 unspecified atom stereocenters. The first kappa shape index (κ1) is 19.3. The molecule has 0 fully saturated rings. The first-order valence-electron chi connectivity index (χ1n) is 8.96. The van der Waals surface area contributed by atoms with Crippen molar-refractivity contribution < 1.29 is 14.3 Å². The molecule has 0 saturated carbocycles. The van der Waals surface area contributed by atoms with Gasteiger partial charge in [0.25, 0.3) is 5.91 Å². The quantitative estimate of drug-likeness (QED) is 0.608. The van der Waals surface area contributed by atoms with Crippen LogP contribution in [0.1, 0.15) is 34.5 Å². The fourth-order valence-corrected chi connectivity index (χ4v) is 3.21. The third kappa shape index (κ3) is 3.93. The van der Waals surface area contributed by atoms with Crippen LogP contribution in [0, 0.1) is 6.92 Å². The van der Waals surface area contributed by atoms with Gasteiger partial charge in [-0.2, -0.15) is 0 Å². The van der Waals surface area contributed by atoms with Crippen molar-refractivity contribution in [3.05, 3.63) is 65.4 Å². The molecule has 0 aliphatic carbocycles. The summed E-state index contributed by atoms with van der Waals surface area (Å²) in [5, 5.41) is 3.62. The highest BCUT2D eigenvalue weighted by Gasteiger charge is 2.17. The lowest BCUT2D eigenvalue weighted by Crippen LogP contribution is -2.47. The van der Waals surface area contributed by atoms with E-state index in [0.29, 0.717) is 11.3 Å². The summed E-state index contributed by atoms with van der Waals surface area (Å²) in [4.78, 5) is 24.7. The Morgan fingerprint density at radius 3 is 2.61 bits per heavy atom. The van der Waals surface area contributed by atoms with Crippen molar-refractivity contribution in [1.82, 2.24) is 20.7 Å². The molecule has 0 saturated heterocycles. The Balaban J connectivity index is 1.64. The number of fused-ring (bicyclic) bond motifs is 1. The van der Waals surface area contributed by atoms with Crippen LogP contribution in [0.25, 0.3) is 10.9 Å². The molecule has 1 heterocycles. The second kappa shape index (κ2) is 8.04. The lowest BCUT2D eigenvalue weighted by molar-refractivity contribution is 0.0937. The van der Waals surface area contributed by atoms with E-state index in [-0.39, 0.29) is 11.9 Å². The number of methoxy groups -OCH3 is 1. The Morgan fingerprint density at radius 1 is 1.11 bits per heavy atom. The summed E-state index contributed by atoms with van der Waals surface area (Å²) in [5.41, 5.74) is 8.22. The zero-order valence-electron chi connectivity index (χ0n) is 16.4. The van der Waals surface area contributed by atoms with Crippen LogP contribution in [0.2, 0.25) is 0 Å². The highest BCUT2D eigenvalue weighted by atomic mass is 16.5. The SMILES string of the molecule is COc1ccc(C)cc1C(C)NC(=O)NNC(=O)c1cn(C)c2ccccc12. The van der Waals surface area contributed by atoms with Crippen molar-refractivity contribution in [2.24, 2.45) is 7.05 Å². The van der Waals surface area contributed by atoms with Crippen LogP contribution in [-0.4, -0.2) is 23.6 Å². The van der Waals surface area contributed by atoms with Crippen LogP contribution in [0.3, 0.4) is 0 Å². The monoisotopic (exact) mass is 380 g/mol. The first-order chi connectivity index (χ1) is 13.4. The van der Waals surface area contributed by atoms with Crippen LogP contribution in [0.4, 0.5) is 4.79 Å². The van der Waals surface area contributed by atoms with Gasteiger partial charge in [0, 0.05) is 29.7 Å². The number of nitrogens with zero attached hydrogens (tertiary/aromatic N) is 1. The van der Waals surface area contributed by atoms with Crippen molar-refractivity contribution in [2.75, 3.05) is 7.11 Å². The maximum absolute atomic E-state index is 12.5. The van der Waals surface area contributed by atoms with Crippen molar-refractivity contribution in [1.29, 1.82) is 0 Å². The second-order valence-electron chi connectivity index (χ2n) is 6.69. The van der Waals surface area contributed by atoms with Gasteiger partial charge in [-0.25, -0.2) is 10.2 Å². The number of rotatable bonds is 4. The first-order valence-corrected chi connectivity index (χ1v) is 8.96. The molecule has 2 aromatic carbocycles. The molecule has 0 bridgehead atoms. The van der Waals surface area contributed by atoms with E-state index >= 15 is 0 Å². The molecular formula is C21H24N4O3. The molecule has 0 radical (unpaired) electrons. The van der Waals surface area contributed by atoms with Crippen LogP contribution >= 0.6 is 0 Å². The zero-order valence-corrected chi connectivity index (χ0v) is 16.4. The van der Waals surface area contributed by atoms with E-state index in [2.05, 4.69) is 16.2 Å². The van der Waals surface area contributed by atoms with Gasteiger partial charge >= 0.3 is 6.03 Å². The zero-order chi connectivity index (χ0) is 20.3. The predicted octanol–water partition coefficient (Wildman–Crippen LogP) is 3.20. The number of aromatic nitrogens is 1. The van der Waals surface area contributed by atoms with E-state index in [1.165, 1.54) is 0 Å². The number of hydrogen-bond donors (Lipinski definition) is 3. The molecule has 0 aliphatic heterocycles. The van der Waals surface area contributed by atoms with Gasteiger partial charge in [-0.05, 0) is 26.0 Å². The number of benzene rings is 2. The van der Waals surface area contributed by atoms with Gasteiger partial charge in [0.1, 0.15) is 5.75 Å². The molecule has 28 heavy (non-hydrogen) atoms. The number of amides is 3. The second-order valence-corrected chi connectivity index (χ2v) is 6.69. The van der Waals surface area contributed by atoms with Crippen molar-refractivity contribution in [3.8, 4) is 5.75 Å². The molecule has 1 atom stereocenters. The molecule has 146 valence electrons. The average molecular weight is 380 g/mol. The average Bonchev–Trinajstić information content (AvgIpc) is 3.03. The minimum absolute atomic E-state index is 0.302. The lowest BCUT2D eigenvalue weighted by Gasteiger charge is -2.18. The van der Waals surface area contributed by atoms with Gasteiger partial charge in [-0.3, -0.25) is 10.2 Å². The van der Waals surface area contributed by atoms with Crippen molar-refractivity contribution >= 4 is 22.8 Å².